The van der Waals surface area contributed by atoms with Crippen LogP contribution in [0.5, 0.6) is 11.5 Å². The molecule has 2 aromatic carbocycles. The molecule has 27 heavy (non-hydrogen) atoms. The summed E-state index contributed by atoms with van der Waals surface area (Å²) in [5, 5.41) is 16.2. The molecule has 0 unspecified atom stereocenters. The summed E-state index contributed by atoms with van der Waals surface area (Å²) in [6.45, 7) is 4.09. The number of para-hydroxylation sites is 2. The summed E-state index contributed by atoms with van der Waals surface area (Å²) < 4.78 is 12.9. The number of aromatic nitrogens is 4. The molecule has 8 heteroatoms. The summed E-state index contributed by atoms with van der Waals surface area (Å²) in [7, 11) is 1.66. The van der Waals surface area contributed by atoms with Crippen molar-refractivity contribution in [1.29, 1.82) is 0 Å². The molecule has 0 atom stereocenters. The lowest BCUT2D eigenvalue weighted by molar-refractivity contribution is 0.307. The summed E-state index contributed by atoms with van der Waals surface area (Å²) in [5.41, 5.74) is 2.03. The molecular weight excluding hydrogens is 362 g/mol. The van der Waals surface area contributed by atoms with Crippen molar-refractivity contribution in [2.24, 2.45) is 0 Å². The number of nitrogens with one attached hydrogen (secondary N) is 1. The van der Waals surface area contributed by atoms with Gasteiger partial charge in [-0.25, -0.2) is 0 Å². The fourth-order valence-electron chi connectivity index (χ4n) is 2.61. The molecule has 7 nitrogen and oxygen atoms in total. The minimum absolute atomic E-state index is 0.603. The monoisotopic (exact) mass is 385 g/mol. The van der Waals surface area contributed by atoms with Crippen molar-refractivity contribution in [2.75, 3.05) is 26.0 Å². The molecule has 3 rings (SSSR count). The van der Waals surface area contributed by atoms with E-state index >= 15 is 0 Å². The number of hydrogen-bond acceptors (Lipinski definition) is 7. The van der Waals surface area contributed by atoms with E-state index < -0.39 is 0 Å². The highest BCUT2D eigenvalue weighted by molar-refractivity contribution is 7.99. The summed E-state index contributed by atoms with van der Waals surface area (Å²) in [5.74, 6) is 2.41. The molecule has 1 N–H and O–H groups in total. The summed E-state index contributed by atoms with van der Waals surface area (Å²) in [4.78, 5) is 0. The van der Waals surface area contributed by atoms with Crippen LogP contribution >= 0.6 is 11.8 Å². The maximum Gasteiger partial charge on any atom is 0.214 e. The molecule has 1 aromatic heterocycles. The number of hydrogen-bond donors (Lipinski definition) is 1. The molecule has 0 aliphatic heterocycles. The van der Waals surface area contributed by atoms with E-state index in [4.69, 9.17) is 9.47 Å². The number of nitrogens with zero attached hydrogens (tertiary/aromatic N) is 4. The second-order valence-corrected chi connectivity index (χ2v) is 6.68. The van der Waals surface area contributed by atoms with Gasteiger partial charge in [-0.05, 0) is 35.5 Å². The number of benzene rings is 2. The standard InChI is InChI=1S/C19H23N5O2S/c1-3-26-18-15(8-7-11-17(18)25-2)14-20-12-13-27-19-21-22-23-24(19)16-9-5-4-6-10-16/h4-11,20H,3,12-14H2,1-2H3. The molecule has 3 aromatic rings. The molecule has 0 fully saturated rings. The van der Waals surface area contributed by atoms with Gasteiger partial charge in [0.25, 0.3) is 0 Å². The molecule has 142 valence electrons. The van der Waals surface area contributed by atoms with E-state index in [0.717, 1.165) is 40.2 Å². The third-order valence-corrected chi connectivity index (χ3v) is 4.76. The van der Waals surface area contributed by atoms with Crippen LogP contribution in [0, 0.1) is 0 Å². The molecule has 0 saturated heterocycles. The summed E-state index contributed by atoms with van der Waals surface area (Å²) >= 11 is 1.61. The van der Waals surface area contributed by atoms with Crippen molar-refractivity contribution in [3.05, 3.63) is 54.1 Å². The van der Waals surface area contributed by atoms with E-state index in [1.165, 1.54) is 0 Å². The molecule has 0 spiro atoms. The first kappa shape index (κ1) is 19.2. The number of rotatable bonds is 10. The van der Waals surface area contributed by atoms with Crippen LogP contribution in [-0.2, 0) is 6.54 Å². The highest BCUT2D eigenvalue weighted by atomic mass is 32.2. The highest BCUT2D eigenvalue weighted by Crippen LogP contribution is 2.31. The minimum Gasteiger partial charge on any atom is -0.493 e. The van der Waals surface area contributed by atoms with Gasteiger partial charge in [-0.1, -0.05) is 42.1 Å². The Morgan fingerprint density at radius 2 is 1.96 bits per heavy atom. The van der Waals surface area contributed by atoms with Crippen LogP contribution in [-0.4, -0.2) is 46.2 Å². The molecule has 0 radical (unpaired) electrons. The van der Waals surface area contributed by atoms with Crippen molar-refractivity contribution in [1.82, 2.24) is 25.5 Å². The molecule has 0 aliphatic carbocycles. The van der Waals surface area contributed by atoms with E-state index in [1.54, 1.807) is 23.6 Å². The van der Waals surface area contributed by atoms with Crippen LogP contribution in [0.15, 0.2) is 53.7 Å². The van der Waals surface area contributed by atoms with Crippen LogP contribution in [0.4, 0.5) is 0 Å². The first-order valence-corrected chi connectivity index (χ1v) is 9.78. The maximum atomic E-state index is 5.74. The van der Waals surface area contributed by atoms with Gasteiger partial charge in [-0.15, -0.1) is 5.10 Å². The molecular formula is C19H23N5O2S. The van der Waals surface area contributed by atoms with E-state index in [2.05, 4.69) is 20.8 Å². The highest BCUT2D eigenvalue weighted by Gasteiger charge is 2.11. The van der Waals surface area contributed by atoms with Crippen LogP contribution in [0.3, 0.4) is 0 Å². The largest absolute Gasteiger partial charge is 0.493 e. The maximum absolute atomic E-state index is 5.74. The van der Waals surface area contributed by atoms with Gasteiger partial charge >= 0.3 is 0 Å². The predicted molar refractivity (Wildman–Crippen MR) is 106 cm³/mol. The summed E-state index contributed by atoms with van der Waals surface area (Å²) in [6, 6.07) is 15.8. The van der Waals surface area contributed by atoms with E-state index in [1.807, 2.05) is 55.5 Å². The molecule has 0 amide bonds. The van der Waals surface area contributed by atoms with Crippen molar-refractivity contribution in [2.45, 2.75) is 18.6 Å². The van der Waals surface area contributed by atoms with E-state index in [0.29, 0.717) is 13.2 Å². The summed E-state index contributed by atoms with van der Waals surface area (Å²) in [6.07, 6.45) is 0. The van der Waals surface area contributed by atoms with Gasteiger partial charge in [0, 0.05) is 24.4 Å². The van der Waals surface area contributed by atoms with E-state index in [9.17, 15) is 0 Å². The lowest BCUT2D eigenvalue weighted by atomic mass is 10.2. The fraction of sp³-hybridized carbons (Fsp3) is 0.316. The molecule has 0 aliphatic rings. The van der Waals surface area contributed by atoms with Crippen molar-refractivity contribution in [3.63, 3.8) is 0 Å². The van der Waals surface area contributed by atoms with Gasteiger partial charge in [0.05, 0.1) is 19.4 Å². The quantitative estimate of drug-likeness (QED) is 0.425. The lowest BCUT2D eigenvalue weighted by Crippen LogP contribution is -2.17. The second kappa shape index (κ2) is 9.94. The Kier molecular flexibility index (Phi) is 7.06. The van der Waals surface area contributed by atoms with Crippen LogP contribution in [0.1, 0.15) is 12.5 Å². The Morgan fingerprint density at radius 1 is 1.11 bits per heavy atom. The van der Waals surface area contributed by atoms with Crippen molar-refractivity contribution >= 4 is 11.8 Å². The normalized spacial score (nSPS) is 10.7. The predicted octanol–water partition coefficient (Wildman–Crippen LogP) is 2.95. The van der Waals surface area contributed by atoms with Crippen molar-refractivity contribution in [3.8, 4) is 17.2 Å². The Balaban J connectivity index is 1.52. The van der Waals surface area contributed by atoms with Gasteiger partial charge in [0.1, 0.15) is 0 Å². The van der Waals surface area contributed by atoms with E-state index in [-0.39, 0.29) is 0 Å². The van der Waals surface area contributed by atoms with Crippen LogP contribution in [0.25, 0.3) is 5.69 Å². The molecule has 0 saturated carbocycles. The minimum atomic E-state index is 0.603. The Labute approximate surface area is 163 Å². The third kappa shape index (κ3) is 4.99. The average Bonchev–Trinajstić information content (AvgIpc) is 3.18. The number of methoxy groups -OCH3 is 1. The van der Waals surface area contributed by atoms with Crippen molar-refractivity contribution < 1.29 is 9.47 Å². The zero-order valence-corrected chi connectivity index (χ0v) is 16.3. The Morgan fingerprint density at radius 3 is 2.74 bits per heavy atom. The fourth-order valence-corrected chi connectivity index (χ4v) is 3.39. The van der Waals surface area contributed by atoms with Gasteiger partial charge in [-0.2, -0.15) is 4.68 Å². The number of ether oxygens (including phenoxy) is 2. The number of thioether (sulfide) groups is 1. The first-order chi connectivity index (χ1) is 13.3. The zero-order chi connectivity index (χ0) is 18.9. The van der Waals surface area contributed by atoms with Crippen LogP contribution < -0.4 is 14.8 Å². The average molecular weight is 385 g/mol. The van der Waals surface area contributed by atoms with Gasteiger partial charge in [0.15, 0.2) is 11.5 Å². The van der Waals surface area contributed by atoms with Crippen LogP contribution in [0.2, 0.25) is 0 Å². The molecule has 1 heterocycles. The topological polar surface area (TPSA) is 74.1 Å². The SMILES string of the molecule is CCOc1c(CNCCSc2nnnn2-c2ccccc2)cccc1OC. The van der Waals surface area contributed by atoms with Gasteiger partial charge in [-0.3, -0.25) is 0 Å². The smallest absolute Gasteiger partial charge is 0.214 e. The van der Waals surface area contributed by atoms with Gasteiger partial charge < -0.3 is 14.8 Å². The third-order valence-electron chi connectivity index (χ3n) is 3.84. The second-order valence-electron chi connectivity index (χ2n) is 5.62. The Hall–Kier alpha value is -2.58. The number of tetrazole rings is 1. The Bertz CT molecular complexity index is 841. The lowest BCUT2D eigenvalue weighted by Gasteiger charge is -2.14. The molecule has 0 bridgehead atoms. The van der Waals surface area contributed by atoms with Gasteiger partial charge in [0.2, 0.25) is 5.16 Å². The zero-order valence-electron chi connectivity index (χ0n) is 15.5. The first-order valence-electron chi connectivity index (χ1n) is 8.79.